The summed E-state index contributed by atoms with van der Waals surface area (Å²) in [6.45, 7) is 2.23. The molecule has 1 aromatic rings. The first-order valence-electron chi connectivity index (χ1n) is 6.31. The van der Waals surface area contributed by atoms with E-state index in [0.29, 0.717) is 6.54 Å². The molecule has 2 amide bonds. The van der Waals surface area contributed by atoms with Crippen molar-refractivity contribution >= 4 is 21.8 Å². The lowest BCUT2D eigenvalue weighted by Gasteiger charge is -2.07. The summed E-state index contributed by atoms with van der Waals surface area (Å²) in [6.07, 6.45) is 2.71. The number of carboxylic acid groups (broad SMARTS) is 1. The van der Waals surface area contributed by atoms with Gasteiger partial charge in [-0.2, -0.15) is 0 Å². The van der Waals surface area contributed by atoms with Gasteiger partial charge in [-0.05, 0) is 0 Å². The van der Waals surface area contributed by atoms with Gasteiger partial charge in [0.05, 0.1) is 12.1 Å². The van der Waals surface area contributed by atoms with Crippen molar-refractivity contribution in [3.8, 4) is 0 Å². The van der Waals surface area contributed by atoms with Gasteiger partial charge in [-0.1, -0.05) is 6.92 Å². The van der Waals surface area contributed by atoms with Crippen molar-refractivity contribution in [2.45, 2.75) is 13.5 Å². The molecule has 1 heterocycles. The zero-order valence-corrected chi connectivity index (χ0v) is 12.4. The van der Waals surface area contributed by atoms with Crippen LogP contribution in [-0.2, 0) is 16.4 Å². The molecule has 1 aromatic heterocycles. The minimum Gasteiger partial charge on any atom is -0.476 e. The van der Waals surface area contributed by atoms with E-state index in [1.165, 1.54) is 17.1 Å². The lowest BCUT2D eigenvalue weighted by Crippen LogP contribution is -2.39. The van der Waals surface area contributed by atoms with Gasteiger partial charge in [-0.15, -0.1) is 0 Å². The normalized spacial score (nSPS) is 11.1. The smallest absolute Gasteiger partial charge is 0.356 e. The topological polar surface area (TPSA) is 130 Å². The highest BCUT2D eigenvalue weighted by molar-refractivity contribution is 7.91. The summed E-state index contributed by atoms with van der Waals surface area (Å²) in [7, 11) is -3.09. The Hall–Kier alpha value is -2.10. The number of urea groups is 1. The van der Waals surface area contributed by atoms with Gasteiger partial charge in [0, 0.05) is 31.6 Å². The zero-order chi connectivity index (χ0) is 15.9. The number of hydrogen-bond acceptors (Lipinski definition) is 5. The second kappa shape index (κ2) is 7.62. The standard InChI is InChI=1S/C11H18N4O5S/c1-2-21(19,20)6-4-13-11(18)12-3-5-15-7-9(10(16)17)14-8-15/h7-8H,2-6H2,1H3,(H,16,17)(H2,12,13,18). The molecule has 0 unspecified atom stereocenters. The lowest BCUT2D eigenvalue weighted by molar-refractivity contribution is 0.0691. The molecule has 0 aliphatic rings. The van der Waals surface area contributed by atoms with E-state index >= 15 is 0 Å². The third-order valence-electron chi connectivity index (χ3n) is 2.65. The Bertz CT molecular complexity index is 596. The number of carbonyl (C=O) groups excluding carboxylic acids is 1. The quantitative estimate of drug-likeness (QED) is 0.582. The van der Waals surface area contributed by atoms with Gasteiger partial charge in [0.1, 0.15) is 0 Å². The molecule has 0 aromatic carbocycles. The second-order valence-electron chi connectivity index (χ2n) is 4.22. The molecule has 10 heteroatoms. The summed E-state index contributed by atoms with van der Waals surface area (Å²) >= 11 is 0. The number of carbonyl (C=O) groups is 2. The first-order valence-corrected chi connectivity index (χ1v) is 8.13. The van der Waals surface area contributed by atoms with Crippen molar-refractivity contribution in [2.24, 2.45) is 0 Å². The molecule has 0 aliphatic carbocycles. The fourth-order valence-corrected chi connectivity index (χ4v) is 2.12. The Labute approximate surface area is 122 Å². The van der Waals surface area contributed by atoms with Gasteiger partial charge >= 0.3 is 12.0 Å². The van der Waals surface area contributed by atoms with Crippen LogP contribution >= 0.6 is 0 Å². The molecule has 118 valence electrons. The number of nitrogens with one attached hydrogen (secondary N) is 2. The number of hydrogen-bond donors (Lipinski definition) is 3. The molecule has 0 radical (unpaired) electrons. The van der Waals surface area contributed by atoms with E-state index in [-0.39, 0.29) is 30.3 Å². The van der Waals surface area contributed by atoms with Crippen molar-refractivity contribution in [1.82, 2.24) is 20.2 Å². The van der Waals surface area contributed by atoms with Crippen molar-refractivity contribution in [1.29, 1.82) is 0 Å². The molecular weight excluding hydrogens is 300 g/mol. The van der Waals surface area contributed by atoms with E-state index in [4.69, 9.17) is 5.11 Å². The first kappa shape index (κ1) is 17.0. The number of carboxylic acids is 1. The summed E-state index contributed by atoms with van der Waals surface area (Å²) in [5.74, 6) is -1.17. The molecule has 0 fully saturated rings. The van der Waals surface area contributed by atoms with Crippen LogP contribution in [0.2, 0.25) is 0 Å². The zero-order valence-electron chi connectivity index (χ0n) is 11.6. The van der Waals surface area contributed by atoms with E-state index in [0.717, 1.165) is 0 Å². The average Bonchev–Trinajstić information content (AvgIpc) is 2.87. The lowest BCUT2D eigenvalue weighted by atomic mass is 10.5. The Morgan fingerprint density at radius 3 is 2.57 bits per heavy atom. The molecule has 3 N–H and O–H groups in total. The predicted octanol–water partition coefficient (Wildman–Crippen LogP) is -0.685. The Morgan fingerprint density at radius 1 is 1.33 bits per heavy atom. The van der Waals surface area contributed by atoms with Crippen molar-refractivity contribution in [2.75, 3.05) is 24.6 Å². The third kappa shape index (κ3) is 6.25. The second-order valence-corrected chi connectivity index (χ2v) is 6.69. The maximum atomic E-state index is 11.4. The van der Waals surface area contributed by atoms with Crippen LogP contribution in [-0.4, -0.2) is 59.7 Å². The van der Waals surface area contributed by atoms with Gasteiger partial charge in [-0.25, -0.2) is 23.0 Å². The number of imidazole rings is 1. The fourth-order valence-electron chi connectivity index (χ4n) is 1.42. The van der Waals surface area contributed by atoms with Crippen LogP contribution in [0.25, 0.3) is 0 Å². The van der Waals surface area contributed by atoms with Crippen LogP contribution in [0.15, 0.2) is 12.5 Å². The van der Waals surface area contributed by atoms with E-state index in [1.54, 1.807) is 6.92 Å². The van der Waals surface area contributed by atoms with Crippen LogP contribution < -0.4 is 10.6 Å². The summed E-state index contributed by atoms with van der Waals surface area (Å²) in [6, 6.07) is -0.472. The van der Waals surface area contributed by atoms with Crippen LogP contribution in [0, 0.1) is 0 Å². The molecule has 0 atom stereocenters. The van der Waals surface area contributed by atoms with Gasteiger partial charge in [0.15, 0.2) is 15.5 Å². The predicted molar refractivity (Wildman–Crippen MR) is 74.9 cm³/mol. The molecular formula is C11H18N4O5S. The summed E-state index contributed by atoms with van der Waals surface area (Å²) in [4.78, 5) is 25.7. The number of nitrogens with zero attached hydrogens (tertiary/aromatic N) is 2. The molecule has 0 bridgehead atoms. The maximum Gasteiger partial charge on any atom is 0.356 e. The minimum atomic E-state index is -3.09. The number of aromatic carboxylic acids is 1. The number of sulfone groups is 1. The summed E-state index contributed by atoms with van der Waals surface area (Å²) < 4.78 is 23.9. The molecule has 0 spiro atoms. The average molecular weight is 318 g/mol. The first-order chi connectivity index (χ1) is 9.84. The van der Waals surface area contributed by atoms with Gasteiger partial charge in [0.25, 0.3) is 0 Å². The highest BCUT2D eigenvalue weighted by atomic mass is 32.2. The highest BCUT2D eigenvalue weighted by Gasteiger charge is 2.08. The molecule has 1 rings (SSSR count). The van der Waals surface area contributed by atoms with Crippen molar-refractivity contribution in [3.05, 3.63) is 18.2 Å². The Kier molecular flexibility index (Phi) is 6.15. The largest absolute Gasteiger partial charge is 0.476 e. The monoisotopic (exact) mass is 318 g/mol. The number of amides is 2. The molecule has 0 aliphatic heterocycles. The SMILES string of the molecule is CCS(=O)(=O)CCNC(=O)NCCn1cnc(C(=O)O)c1. The van der Waals surface area contributed by atoms with Crippen molar-refractivity contribution in [3.63, 3.8) is 0 Å². The Morgan fingerprint density at radius 2 is 2.00 bits per heavy atom. The van der Waals surface area contributed by atoms with E-state index in [2.05, 4.69) is 15.6 Å². The maximum absolute atomic E-state index is 11.4. The van der Waals surface area contributed by atoms with Crippen LogP contribution in [0.3, 0.4) is 0 Å². The van der Waals surface area contributed by atoms with E-state index < -0.39 is 21.8 Å². The number of rotatable bonds is 8. The molecule has 21 heavy (non-hydrogen) atoms. The van der Waals surface area contributed by atoms with Gasteiger partial charge in [-0.3, -0.25) is 0 Å². The van der Waals surface area contributed by atoms with Crippen LogP contribution in [0.5, 0.6) is 0 Å². The van der Waals surface area contributed by atoms with Crippen LogP contribution in [0.4, 0.5) is 4.79 Å². The molecule has 9 nitrogen and oxygen atoms in total. The number of aromatic nitrogens is 2. The Balaban J connectivity index is 2.22. The summed E-state index contributed by atoms with van der Waals surface area (Å²) in [5.41, 5.74) is -0.0655. The van der Waals surface area contributed by atoms with Gasteiger partial charge < -0.3 is 20.3 Å². The van der Waals surface area contributed by atoms with E-state index in [1.807, 2.05) is 0 Å². The molecule has 0 saturated carbocycles. The van der Waals surface area contributed by atoms with Crippen molar-refractivity contribution < 1.29 is 23.1 Å². The fraction of sp³-hybridized carbons (Fsp3) is 0.545. The molecule has 0 saturated heterocycles. The van der Waals surface area contributed by atoms with Gasteiger partial charge in [0.2, 0.25) is 0 Å². The summed E-state index contributed by atoms with van der Waals surface area (Å²) in [5, 5.41) is 13.7. The van der Waals surface area contributed by atoms with Crippen LogP contribution in [0.1, 0.15) is 17.4 Å². The minimum absolute atomic E-state index is 0.0445. The third-order valence-corrected chi connectivity index (χ3v) is 4.35. The van der Waals surface area contributed by atoms with E-state index in [9.17, 15) is 18.0 Å². The highest BCUT2D eigenvalue weighted by Crippen LogP contribution is 1.95.